The van der Waals surface area contributed by atoms with Gasteiger partial charge in [-0.2, -0.15) is 0 Å². The van der Waals surface area contributed by atoms with Crippen molar-refractivity contribution in [1.29, 1.82) is 0 Å². The SMILES string of the molecule is NC[C@H]1CC[C@H]1OC(=O)N1CCc2ccccc2[C@@H]1Cc1ccc(F)cc1. The molecule has 2 aromatic carbocycles. The average Bonchev–Trinajstić information content (AvgIpc) is 2.67. The lowest BCUT2D eigenvalue weighted by Crippen LogP contribution is -2.46. The summed E-state index contributed by atoms with van der Waals surface area (Å²) in [7, 11) is 0. The minimum absolute atomic E-state index is 0.0638. The summed E-state index contributed by atoms with van der Waals surface area (Å²) in [6.07, 6.45) is 3.04. The predicted molar refractivity (Wildman–Crippen MR) is 102 cm³/mol. The van der Waals surface area contributed by atoms with Crippen LogP contribution in [0.2, 0.25) is 0 Å². The molecule has 0 radical (unpaired) electrons. The van der Waals surface area contributed by atoms with Crippen LogP contribution in [0.4, 0.5) is 9.18 Å². The highest BCUT2D eigenvalue weighted by atomic mass is 19.1. The highest BCUT2D eigenvalue weighted by Gasteiger charge is 2.37. The van der Waals surface area contributed by atoms with E-state index in [0.29, 0.717) is 19.5 Å². The quantitative estimate of drug-likeness (QED) is 0.892. The zero-order chi connectivity index (χ0) is 18.8. The molecule has 4 nitrogen and oxygen atoms in total. The molecule has 2 N–H and O–H groups in total. The Morgan fingerprint density at radius 1 is 1.15 bits per heavy atom. The number of hydrogen-bond donors (Lipinski definition) is 1. The van der Waals surface area contributed by atoms with Crippen LogP contribution in [0.15, 0.2) is 48.5 Å². The maximum Gasteiger partial charge on any atom is 0.410 e. The van der Waals surface area contributed by atoms with Gasteiger partial charge in [-0.15, -0.1) is 0 Å². The first kappa shape index (κ1) is 18.0. The van der Waals surface area contributed by atoms with Crippen LogP contribution >= 0.6 is 0 Å². The maximum atomic E-state index is 13.3. The summed E-state index contributed by atoms with van der Waals surface area (Å²) in [5.41, 5.74) is 9.16. The summed E-state index contributed by atoms with van der Waals surface area (Å²) in [4.78, 5) is 14.8. The lowest BCUT2D eigenvalue weighted by atomic mass is 9.82. The van der Waals surface area contributed by atoms with Crippen molar-refractivity contribution in [2.75, 3.05) is 13.1 Å². The molecule has 2 aliphatic rings. The van der Waals surface area contributed by atoms with Crippen LogP contribution in [0, 0.1) is 11.7 Å². The Balaban J connectivity index is 1.57. The lowest BCUT2D eigenvalue weighted by Gasteiger charge is -2.40. The second kappa shape index (κ2) is 7.69. The van der Waals surface area contributed by atoms with Gasteiger partial charge in [0, 0.05) is 12.5 Å². The first-order valence-electron chi connectivity index (χ1n) is 9.65. The van der Waals surface area contributed by atoms with Gasteiger partial charge in [0.05, 0.1) is 6.04 Å². The number of fused-ring (bicyclic) bond motifs is 1. The molecule has 3 atom stereocenters. The zero-order valence-electron chi connectivity index (χ0n) is 15.3. The minimum Gasteiger partial charge on any atom is -0.446 e. The number of amides is 1. The van der Waals surface area contributed by atoms with E-state index in [9.17, 15) is 9.18 Å². The monoisotopic (exact) mass is 368 g/mol. The topological polar surface area (TPSA) is 55.6 Å². The molecule has 5 heteroatoms. The summed E-state index contributed by atoms with van der Waals surface area (Å²) in [6, 6.07) is 14.6. The Labute approximate surface area is 159 Å². The van der Waals surface area contributed by atoms with Crippen molar-refractivity contribution in [2.45, 2.75) is 37.8 Å². The summed E-state index contributed by atoms with van der Waals surface area (Å²) in [6.45, 7) is 1.18. The van der Waals surface area contributed by atoms with Crippen molar-refractivity contribution >= 4 is 6.09 Å². The molecule has 0 unspecified atom stereocenters. The third-order valence-corrected chi connectivity index (χ3v) is 5.89. The van der Waals surface area contributed by atoms with Crippen LogP contribution in [-0.2, 0) is 17.6 Å². The van der Waals surface area contributed by atoms with E-state index in [1.807, 2.05) is 17.0 Å². The normalized spacial score (nSPS) is 24.1. The fourth-order valence-corrected chi connectivity index (χ4v) is 4.09. The predicted octanol–water partition coefficient (Wildman–Crippen LogP) is 3.84. The first-order valence-corrected chi connectivity index (χ1v) is 9.65. The Morgan fingerprint density at radius 2 is 1.93 bits per heavy atom. The molecule has 27 heavy (non-hydrogen) atoms. The van der Waals surface area contributed by atoms with Crippen LogP contribution < -0.4 is 5.73 Å². The average molecular weight is 368 g/mol. The number of carbonyl (C=O) groups excluding carboxylic acids is 1. The van der Waals surface area contributed by atoms with Gasteiger partial charge in [-0.25, -0.2) is 9.18 Å². The van der Waals surface area contributed by atoms with Gasteiger partial charge in [-0.05, 0) is 61.1 Å². The summed E-state index contributed by atoms with van der Waals surface area (Å²) < 4.78 is 19.1. The molecule has 0 bridgehead atoms. The molecule has 1 aliphatic heterocycles. The van der Waals surface area contributed by atoms with Crippen molar-refractivity contribution in [3.05, 3.63) is 71.0 Å². The van der Waals surface area contributed by atoms with E-state index in [1.54, 1.807) is 12.1 Å². The standard InChI is InChI=1S/C22H25FN2O2/c23-18-8-5-15(6-9-18)13-20-19-4-2-1-3-16(19)11-12-25(20)22(26)27-21-10-7-17(21)14-24/h1-6,8-9,17,20-21H,7,10-14,24H2/t17-,20+,21-/m1/s1. The van der Waals surface area contributed by atoms with Crippen LogP contribution in [0.5, 0.6) is 0 Å². The lowest BCUT2D eigenvalue weighted by molar-refractivity contribution is -0.0187. The Kier molecular flexibility index (Phi) is 5.12. The number of hydrogen-bond acceptors (Lipinski definition) is 3. The maximum absolute atomic E-state index is 13.3. The Morgan fingerprint density at radius 3 is 2.63 bits per heavy atom. The fraction of sp³-hybridized carbons (Fsp3) is 0.409. The van der Waals surface area contributed by atoms with Crippen LogP contribution in [0.1, 0.15) is 35.6 Å². The molecule has 2 aromatic rings. The number of nitrogens with zero attached hydrogens (tertiary/aromatic N) is 1. The summed E-state index contributed by atoms with van der Waals surface area (Å²) in [5, 5.41) is 0. The third kappa shape index (κ3) is 3.69. The molecule has 142 valence electrons. The van der Waals surface area contributed by atoms with Crippen molar-refractivity contribution in [3.63, 3.8) is 0 Å². The van der Waals surface area contributed by atoms with Gasteiger partial charge in [0.15, 0.2) is 0 Å². The summed E-state index contributed by atoms with van der Waals surface area (Å²) in [5.74, 6) is 0.0263. The van der Waals surface area contributed by atoms with Crippen molar-refractivity contribution in [3.8, 4) is 0 Å². The number of ether oxygens (including phenoxy) is 1. The third-order valence-electron chi connectivity index (χ3n) is 5.89. The molecule has 1 heterocycles. The fourth-order valence-electron chi connectivity index (χ4n) is 4.09. The van der Waals surface area contributed by atoms with Crippen LogP contribution in [0.25, 0.3) is 0 Å². The van der Waals surface area contributed by atoms with E-state index in [1.165, 1.54) is 17.7 Å². The van der Waals surface area contributed by atoms with Crippen molar-refractivity contribution in [2.24, 2.45) is 11.7 Å². The Bertz CT molecular complexity index is 806. The van der Waals surface area contributed by atoms with Gasteiger partial charge in [0.25, 0.3) is 0 Å². The molecule has 4 rings (SSSR count). The van der Waals surface area contributed by atoms with Crippen molar-refractivity contribution in [1.82, 2.24) is 4.90 Å². The molecule has 1 fully saturated rings. The molecular formula is C22H25FN2O2. The number of benzene rings is 2. The Hall–Kier alpha value is -2.40. The summed E-state index contributed by atoms with van der Waals surface area (Å²) >= 11 is 0. The molecular weight excluding hydrogens is 343 g/mol. The molecule has 0 spiro atoms. The largest absolute Gasteiger partial charge is 0.446 e. The van der Waals surface area contributed by atoms with Gasteiger partial charge in [0.2, 0.25) is 0 Å². The molecule has 1 saturated carbocycles. The number of rotatable bonds is 4. The van der Waals surface area contributed by atoms with E-state index < -0.39 is 0 Å². The highest BCUT2D eigenvalue weighted by Crippen LogP contribution is 2.35. The number of nitrogens with two attached hydrogens (primary N) is 1. The van der Waals surface area contributed by atoms with Gasteiger partial charge >= 0.3 is 6.09 Å². The molecule has 0 aromatic heterocycles. The van der Waals surface area contributed by atoms with Gasteiger partial charge in [-0.1, -0.05) is 36.4 Å². The van der Waals surface area contributed by atoms with E-state index in [2.05, 4.69) is 12.1 Å². The zero-order valence-corrected chi connectivity index (χ0v) is 15.3. The second-order valence-electron chi connectivity index (χ2n) is 7.48. The molecule has 0 saturated heterocycles. The minimum atomic E-state index is -0.264. The van der Waals surface area contributed by atoms with Crippen LogP contribution in [-0.4, -0.2) is 30.2 Å². The smallest absolute Gasteiger partial charge is 0.410 e. The van der Waals surface area contributed by atoms with Gasteiger partial charge < -0.3 is 15.4 Å². The second-order valence-corrected chi connectivity index (χ2v) is 7.48. The highest BCUT2D eigenvalue weighted by molar-refractivity contribution is 5.69. The number of carbonyl (C=O) groups is 1. The van der Waals surface area contributed by atoms with E-state index in [4.69, 9.17) is 10.5 Å². The van der Waals surface area contributed by atoms with E-state index in [-0.39, 0.29) is 30.0 Å². The van der Waals surface area contributed by atoms with E-state index in [0.717, 1.165) is 30.4 Å². The van der Waals surface area contributed by atoms with Gasteiger partial charge in [-0.3, -0.25) is 0 Å². The molecule has 1 aliphatic carbocycles. The van der Waals surface area contributed by atoms with Crippen molar-refractivity contribution < 1.29 is 13.9 Å². The van der Waals surface area contributed by atoms with Gasteiger partial charge in [0.1, 0.15) is 11.9 Å². The molecule has 1 amide bonds. The van der Waals surface area contributed by atoms with E-state index >= 15 is 0 Å². The van der Waals surface area contributed by atoms with Crippen LogP contribution in [0.3, 0.4) is 0 Å². The number of halogens is 1. The first-order chi connectivity index (χ1) is 13.2.